The molecule has 2 N–H and O–H groups in total. The first-order valence-corrected chi connectivity index (χ1v) is 7.83. The first-order chi connectivity index (χ1) is 10.6. The number of para-hydroxylation sites is 2. The molecule has 118 valence electrons. The van der Waals surface area contributed by atoms with Crippen LogP contribution in [-0.2, 0) is 6.54 Å². The van der Waals surface area contributed by atoms with Gasteiger partial charge in [0.2, 0.25) is 0 Å². The van der Waals surface area contributed by atoms with Gasteiger partial charge in [0, 0.05) is 25.2 Å². The maximum absolute atomic E-state index is 9.67. The van der Waals surface area contributed by atoms with Gasteiger partial charge in [0.05, 0.1) is 23.2 Å². The zero-order chi connectivity index (χ0) is 15.5. The number of nitrogens with zero attached hydrogens (tertiary/aromatic N) is 2. The lowest BCUT2D eigenvalue weighted by Gasteiger charge is -2.33. The van der Waals surface area contributed by atoms with Crippen LogP contribution in [0.3, 0.4) is 0 Å². The van der Waals surface area contributed by atoms with Crippen molar-refractivity contribution in [3.05, 3.63) is 41.3 Å². The van der Waals surface area contributed by atoms with Crippen molar-refractivity contribution in [1.82, 2.24) is 5.16 Å². The highest BCUT2D eigenvalue weighted by Crippen LogP contribution is 2.29. The smallest absolute Gasteiger partial charge is 0.138 e. The van der Waals surface area contributed by atoms with Gasteiger partial charge in [-0.2, -0.15) is 0 Å². The molecule has 0 unspecified atom stereocenters. The molecular weight excluding hydrogens is 278 g/mol. The van der Waals surface area contributed by atoms with Crippen LogP contribution in [0.2, 0.25) is 0 Å². The van der Waals surface area contributed by atoms with Crippen LogP contribution in [0.4, 0.5) is 11.4 Å². The van der Waals surface area contributed by atoms with Crippen molar-refractivity contribution in [3.8, 4) is 0 Å². The Morgan fingerprint density at radius 2 is 2.00 bits per heavy atom. The van der Waals surface area contributed by atoms with Crippen molar-refractivity contribution in [1.29, 1.82) is 0 Å². The molecule has 0 atom stereocenters. The number of piperidine rings is 1. The van der Waals surface area contributed by atoms with E-state index >= 15 is 0 Å². The second-order valence-electron chi connectivity index (χ2n) is 5.89. The molecule has 1 aromatic heterocycles. The topological polar surface area (TPSA) is 61.5 Å². The van der Waals surface area contributed by atoms with Gasteiger partial charge in [0.25, 0.3) is 0 Å². The zero-order valence-electron chi connectivity index (χ0n) is 13.2. The Bertz CT molecular complexity index is 611. The van der Waals surface area contributed by atoms with Gasteiger partial charge in [-0.1, -0.05) is 17.3 Å². The number of aliphatic hydroxyl groups is 1. The maximum Gasteiger partial charge on any atom is 0.138 e. The average Bonchev–Trinajstić information content (AvgIpc) is 2.85. The highest BCUT2D eigenvalue weighted by molar-refractivity contribution is 5.70. The molecule has 0 saturated carbocycles. The summed E-state index contributed by atoms with van der Waals surface area (Å²) in [6.45, 7) is 6.39. The number of hydrogen-bond acceptors (Lipinski definition) is 5. The molecule has 1 fully saturated rings. The molecule has 0 bridgehead atoms. The molecular formula is C17H23N3O2. The monoisotopic (exact) mass is 301 g/mol. The minimum absolute atomic E-state index is 0.154. The second kappa shape index (κ2) is 6.40. The lowest BCUT2D eigenvalue weighted by Crippen LogP contribution is -2.36. The molecule has 1 aliphatic heterocycles. The van der Waals surface area contributed by atoms with Gasteiger partial charge in [-0.05, 0) is 38.8 Å². The van der Waals surface area contributed by atoms with E-state index in [1.54, 1.807) is 0 Å². The van der Waals surface area contributed by atoms with Crippen molar-refractivity contribution >= 4 is 11.4 Å². The van der Waals surface area contributed by atoms with Crippen LogP contribution < -0.4 is 10.2 Å². The fraction of sp³-hybridized carbons (Fsp3) is 0.471. The minimum atomic E-state index is -0.154. The number of rotatable bonds is 4. The minimum Gasteiger partial charge on any atom is -0.393 e. The van der Waals surface area contributed by atoms with Gasteiger partial charge < -0.3 is 19.8 Å². The summed E-state index contributed by atoms with van der Waals surface area (Å²) in [6.07, 6.45) is 1.51. The lowest BCUT2D eigenvalue weighted by atomic mass is 10.1. The van der Waals surface area contributed by atoms with E-state index in [9.17, 15) is 5.11 Å². The molecule has 0 radical (unpaired) electrons. The van der Waals surface area contributed by atoms with Crippen LogP contribution in [0.25, 0.3) is 0 Å². The summed E-state index contributed by atoms with van der Waals surface area (Å²) in [5.41, 5.74) is 4.35. The van der Waals surface area contributed by atoms with Crippen LogP contribution in [0.5, 0.6) is 0 Å². The van der Waals surface area contributed by atoms with E-state index < -0.39 is 0 Å². The highest BCUT2D eigenvalue weighted by atomic mass is 16.5. The van der Waals surface area contributed by atoms with Crippen LogP contribution >= 0.6 is 0 Å². The van der Waals surface area contributed by atoms with Crippen molar-refractivity contribution in [3.63, 3.8) is 0 Å². The molecule has 5 nitrogen and oxygen atoms in total. The van der Waals surface area contributed by atoms with Crippen LogP contribution in [0.15, 0.2) is 28.8 Å². The molecule has 1 aromatic carbocycles. The summed E-state index contributed by atoms with van der Waals surface area (Å²) in [4.78, 5) is 2.34. The van der Waals surface area contributed by atoms with E-state index in [-0.39, 0.29) is 6.10 Å². The number of hydrogen-bond donors (Lipinski definition) is 2. The summed E-state index contributed by atoms with van der Waals surface area (Å²) in [6, 6.07) is 8.32. The third-order valence-corrected chi connectivity index (χ3v) is 4.35. The fourth-order valence-corrected chi connectivity index (χ4v) is 2.94. The molecule has 22 heavy (non-hydrogen) atoms. The summed E-state index contributed by atoms with van der Waals surface area (Å²) in [7, 11) is 0. The highest BCUT2D eigenvalue weighted by Gasteiger charge is 2.19. The number of nitrogens with one attached hydrogen (secondary N) is 1. The van der Waals surface area contributed by atoms with E-state index in [0.29, 0.717) is 6.54 Å². The van der Waals surface area contributed by atoms with E-state index in [2.05, 4.69) is 33.6 Å². The van der Waals surface area contributed by atoms with E-state index in [1.165, 1.54) is 5.69 Å². The molecule has 0 amide bonds. The Morgan fingerprint density at radius 1 is 1.27 bits per heavy atom. The van der Waals surface area contributed by atoms with Crippen LogP contribution in [0, 0.1) is 13.8 Å². The Labute approximate surface area is 130 Å². The molecule has 1 aliphatic rings. The van der Waals surface area contributed by atoms with Crippen LogP contribution in [-0.4, -0.2) is 29.5 Å². The van der Waals surface area contributed by atoms with Gasteiger partial charge in [-0.25, -0.2) is 0 Å². The van der Waals surface area contributed by atoms with Gasteiger partial charge >= 0.3 is 0 Å². The van der Waals surface area contributed by atoms with Crippen molar-refractivity contribution in [2.24, 2.45) is 0 Å². The standard InChI is InChI=1S/C17H23N3O2/c1-12-15(13(2)22-19-12)11-18-16-5-3-4-6-17(16)20-9-7-14(21)8-10-20/h3-6,14,18,21H,7-11H2,1-2H3. The zero-order valence-corrected chi connectivity index (χ0v) is 13.2. The molecule has 2 aromatic rings. The first kappa shape index (κ1) is 14.9. The van der Waals surface area contributed by atoms with Gasteiger partial charge in [-0.15, -0.1) is 0 Å². The maximum atomic E-state index is 9.67. The number of anilines is 2. The van der Waals surface area contributed by atoms with E-state index in [4.69, 9.17) is 4.52 Å². The van der Waals surface area contributed by atoms with Crippen molar-refractivity contribution in [2.75, 3.05) is 23.3 Å². The quantitative estimate of drug-likeness (QED) is 0.909. The third kappa shape index (κ3) is 3.09. The molecule has 1 saturated heterocycles. The number of aryl methyl sites for hydroxylation is 2. The van der Waals surface area contributed by atoms with E-state index in [1.807, 2.05) is 19.9 Å². The van der Waals surface area contributed by atoms with Crippen molar-refractivity contribution in [2.45, 2.75) is 39.3 Å². The number of aromatic nitrogens is 1. The Morgan fingerprint density at radius 3 is 2.68 bits per heavy atom. The lowest BCUT2D eigenvalue weighted by molar-refractivity contribution is 0.145. The third-order valence-electron chi connectivity index (χ3n) is 4.35. The largest absolute Gasteiger partial charge is 0.393 e. The van der Waals surface area contributed by atoms with Crippen LogP contribution in [0.1, 0.15) is 29.9 Å². The molecule has 2 heterocycles. The average molecular weight is 301 g/mol. The predicted molar refractivity (Wildman–Crippen MR) is 87.2 cm³/mol. The first-order valence-electron chi connectivity index (χ1n) is 7.83. The molecule has 0 aliphatic carbocycles. The summed E-state index contributed by atoms with van der Waals surface area (Å²) in [5, 5.41) is 17.2. The fourth-order valence-electron chi connectivity index (χ4n) is 2.94. The Hall–Kier alpha value is -2.01. The summed E-state index contributed by atoms with van der Waals surface area (Å²) >= 11 is 0. The summed E-state index contributed by atoms with van der Waals surface area (Å²) in [5.74, 6) is 0.864. The SMILES string of the molecule is Cc1noc(C)c1CNc1ccccc1N1CCC(O)CC1. The van der Waals surface area contributed by atoms with Gasteiger partial charge in [0.1, 0.15) is 5.76 Å². The molecule has 3 rings (SSSR count). The number of aliphatic hydroxyl groups excluding tert-OH is 1. The molecule has 0 spiro atoms. The van der Waals surface area contributed by atoms with Gasteiger partial charge in [0.15, 0.2) is 0 Å². The van der Waals surface area contributed by atoms with Gasteiger partial charge in [-0.3, -0.25) is 0 Å². The summed E-state index contributed by atoms with van der Waals surface area (Å²) < 4.78 is 5.21. The Balaban J connectivity index is 1.74. The predicted octanol–water partition coefficient (Wildman–Crippen LogP) is 2.86. The normalized spacial score (nSPS) is 16.0. The number of benzene rings is 1. The van der Waals surface area contributed by atoms with E-state index in [0.717, 1.165) is 48.6 Å². The Kier molecular flexibility index (Phi) is 4.34. The second-order valence-corrected chi connectivity index (χ2v) is 5.89. The van der Waals surface area contributed by atoms with Crippen molar-refractivity contribution < 1.29 is 9.63 Å². The molecule has 5 heteroatoms.